The van der Waals surface area contributed by atoms with E-state index in [1.165, 1.54) is 11.3 Å². The molecule has 2 heterocycles. The molecule has 0 aliphatic carbocycles. The number of carbonyl (C=O) groups excluding carboxylic acids is 1. The quantitative estimate of drug-likeness (QED) is 0.391. The Bertz CT molecular complexity index is 1350. The maximum absolute atomic E-state index is 11.9. The Morgan fingerprint density at radius 1 is 1.19 bits per heavy atom. The van der Waals surface area contributed by atoms with Crippen LogP contribution in [0.1, 0.15) is 16.1 Å². The molecule has 2 aromatic heterocycles. The number of benzene rings is 2. The second-order valence-electron chi connectivity index (χ2n) is 6.41. The number of aromatic nitrogens is 2. The summed E-state index contributed by atoms with van der Waals surface area (Å²) in [6, 6.07) is 12.3. The fourth-order valence-corrected chi connectivity index (χ4v) is 4.42. The van der Waals surface area contributed by atoms with Gasteiger partial charge in [-0.25, -0.2) is 9.78 Å². The van der Waals surface area contributed by atoms with Crippen LogP contribution in [0.3, 0.4) is 0 Å². The van der Waals surface area contributed by atoms with E-state index >= 15 is 0 Å². The molecule has 10 heteroatoms. The van der Waals surface area contributed by atoms with Crippen LogP contribution in [0, 0.1) is 0 Å². The lowest BCUT2D eigenvalue weighted by molar-refractivity contribution is 0.0590. The fourth-order valence-electron chi connectivity index (χ4n) is 2.93. The third-order valence-electron chi connectivity index (χ3n) is 4.49. The molecule has 0 aliphatic heterocycles. The minimum Gasteiger partial charge on any atom is -0.501 e. The van der Waals surface area contributed by atoms with Crippen LogP contribution in [-0.2, 0) is 11.3 Å². The number of H-pyrrole nitrogens is 1. The van der Waals surface area contributed by atoms with Crippen molar-refractivity contribution in [1.82, 2.24) is 9.97 Å². The van der Waals surface area contributed by atoms with Crippen molar-refractivity contribution in [1.29, 1.82) is 0 Å². The molecule has 2 aromatic carbocycles. The fraction of sp³-hybridized carbons (Fsp3) is 0.0952. The summed E-state index contributed by atoms with van der Waals surface area (Å²) in [6.45, 7) is 0.249. The number of ether oxygens (including phenoxy) is 2. The standard InChI is InChI=1S/C21H14Cl2N2O5S/c1-29-21(28)16-17(26)20(27)25-19(24-16)10-2-5-12(6-3-10)30-9-14-13-8-11(22)4-7-15(13)31-18(14)23/h2-8,26H,9H2,1H3,(H,24,25,27). The van der Waals surface area contributed by atoms with Crippen LogP contribution in [-0.4, -0.2) is 28.2 Å². The van der Waals surface area contributed by atoms with Crippen molar-refractivity contribution < 1.29 is 19.4 Å². The first-order valence-electron chi connectivity index (χ1n) is 8.88. The summed E-state index contributed by atoms with van der Waals surface area (Å²) in [5.41, 5.74) is 0.0588. The van der Waals surface area contributed by atoms with Gasteiger partial charge in [0.05, 0.1) is 7.11 Å². The number of thiophene rings is 1. The third kappa shape index (κ3) is 4.23. The normalized spacial score (nSPS) is 10.9. The molecule has 0 aliphatic rings. The van der Waals surface area contributed by atoms with E-state index in [2.05, 4.69) is 14.7 Å². The number of aromatic hydroxyl groups is 1. The molecule has 7 nitrogen and oxygen atoms in total. The SMILES string of the molecule is COC(=O)c1nc(-c2ccc(OCc3c(Cl)sc4ccc(Cl)cc34)cc2)[nH]c(=O)c1O. The predicted octanol–water partition coefficient (Wildman–Crippen LogP) is 5.03. The van der Waals surface area contributed by atoms with E-state index < -0.39 is 23.0 Å². The minimum atomic E-state index is -0.912. The zero-order chi connectivity index (χ0) is 22.1. The monoisotopic (exact) mass is 476 g/mol. The lowest BCUT2D eigenvalue weighted by Crippen LogP contribution is -2.16. The summed E-state index contributed by atoms with van der Waals surface area (Å²) in [4.78, 5) is 30.1. The van der Waals surface area contributed by atoms with Gasteiger partial charge >= 0.3 is 5.97 Å². The number of rotatable bonds is 5. The summed E-state index contributed by atoms with van der Waals surface area (Å²) in [5.74, 6) is -1.04. The van der Waals surface area contributed by atoms with Gasteiger partial charge in [-0.1, -0.05) is 23.2 Å². The molecule has 0 fully saturated rings. The number of nitrogens with one attached hydrogen (secondary N) is 1. The van der Waals surface area contributed by atoms with E-state index in [4.69, 9.17) is 27.9 Å². The van der Waals surface area contributed by atoms with Crippen molar-refractivity contribution >= 4 is 50.6 Å². The van der Waals surface area contributed by atoms with Crippen LogP contribution in [0.25, 0.3) is 21.5 Å². The molecule has 31 heavy (non-hydrogen) atoms. The number of fused-ring (bicyclic) bond motifs is 1. The second-order valence-corrected chi connectivity index (χ2v) is 8.50. The lowest BCUT2D eigenvalue weighted by Gasteiger charge is -2.08. The van der Waals surface area contributed by atoms with Crippen LogP contribution in [0.5, 0.6) is 11.5 Å². The van der Waals surface area contributed by atoms with Crippen molar-refractivity contribution in [2.75, 3.05) is 7.11 Å². The predicted molar refractivity (Wildman–Crippen MR) is 119 cm³/mol. The van der Waals surface area contributed by atoms with E-state index in [9.17, 15) is 14.7 Å². The highest BCUT2D eigenvalue weighted by molar-refractivity contribution is 7.22. The molecule has 0 unspecified atom stereocenters. The largest absolute Gasteiger partial charge is 0.501 e. The molecular formula is C21H14Cl2N2O5S. The van der Waals surface area contributed by atoms with Crippen LogP contribution in [0.2, 0.25) is 9.36 Å². The summed E-state index contributed by atoms with van der Waals surface area (Å²) in [6.07, 6.45) is 0. The molecule has 2 N–H and O–H groups in total. The van der Waals surface area contributed by atoms with Gasteiger partial charge in [0, 0.05) is 26.2 Å². The first-order valence-corrected chi connectivity index (χ1v) is 10.5. The highest BCUT2D eigenvalue weighted by Crippen LogP contribution is 2.37. The Balaban J connectivity index is 1.57. The molecule has 4 aromatic rings. The van der Waals surface area contributed by atoms with Gasteiger partial charge in [0.15, 0.2) is 5.69 Å². The molecule has 0 amide bonds. The molecule has 0 bridgehead atoms. The lowest BCUT2D eigenvalue weighted by atomic mass is 10.2. The number of esters is 1. The van der Waals surface area contributed by atoms with Gasteiger partial charge in [0.1, 0.15) is 22.5 Å². The topological polar surface area (TPSA) is 102 Å². The number of methoxy groups -OCH3 is 1. The van der Waals surface area contributed by atoms with Gasteiger partial charge in [0.25, 0.3) is 5.56 Å². The molecular weight excluding hydrogens is 463 g/mol. The molecule has 0 atom stereocenters. The highest BCUT2D eigenvalue weighted by atomic mass is 35.5. The molecule has 158 valence electrons. The molecule has 4 rings (SSSR count). The third-order valence-corrected chi connectivity index (χ3v) is 6.18. The second kappa shape index (κ2) is 8.58. The Hall–Kier alpha value is -3.07. The molecule has 0 radical (unpaired) electrons. The Morgan fingerprint density at radius 3 is 2.65 bits per heavy atom. The average molecular weight is 477 g/mol. The Kier molecular flexibility index (Phi) is 5.86. The number of carbonyl (C=O) groups is 1. The zero-order valence-corrected chi connectivity index (χ0v) is 18.3. The van der Waals surface area contributed by atoms with E-state index in [0.29, 0.717) is 20.7 Å². The van der Waals surface area contributed by atoms with Gasteiger partial charge in [0.2, 0.25) is 5.75 Å². The van der Waals surface area contributed by atoms with Crippen molar-refractivity contribution in [2.45, 2.75) is 6.61 Å². The first-order chi connectivity index (χ1) is 14.9. The van der Waals surface area contributed by atoms with E-state index in [1.807, 2.05) is 18.2 Å². The van der Waals surface area contributed by atoms with Crippen molar-refractivity contribution in [3.8, 4) is 22.9 Å². The summed E-state index contributed by atoms with van der Waals surface area (Å²) in [5, 5.41) is 11.3. The molecule has 0 spiro atoms. The van der Waals surface area contributed by atoms with E-state index in [0.717, 1.165) is 22.8 Å². The number of hydrogen-bond acceptors (Lipinski definition) is 7. The van der Waals surface area contributed by atoms with E-state index in [1.54, 1.807) is 24.3 Å². The molecule has 0 saturated heterocycles. The van der Waals surface area contributed by atoms with E-state index in [-0.39, 0.29) is 12.4 Å². The van der Waals surface area contributed by atoms with Gasteiger partial charge in [-0.15, -0.1) is 11.3 Å². The molecule has 0 saturated carbocycles. The Labute approximate surface area is 189 Å². The van der Waals surface area contributed by atoms with Crippen LogP contribution >= 0.6 is 34.5 Å². The minimum absolute atomic E-state index is 0.108. The van der Waals surface area contributed by atoms with Crippen LogP contribution in [0.15, 0.2) is 47.3 Å². The number of nitrogens with zero attached hydrogens (tertiary/aromatic N) is 1. The van der Waals surface area contributed by atoms with Crippen molar-refractivity contribution in [2.24, 2.45) is 0 Å². The van der Waals surface area contributed by atoms with Crippen LogP contribution < -0.4 is 10.3 Å². The smallest absolute Gasteiger partial charge is 0.360 e. The number of aromatic amines is 1. The van der Waals surface area contributed by atoms with Crippen molar-refractivity contribution in [3.63, 3.8) is 0 Å². The van der Waals surface area contributed by atoms with Gasteiger partial charge in [-0.3, -0.25) is 4.79 Å². The summed E-state index contributed by atoms with van der Waals surface area (Å²) < 4.78 is 12.1. The van der Waals surface area contributed by atoms with Crippen LogP contribution in [0.4, 0.5) is 0 Å². The summed E-state index contributed by atoms with van der Waals surface area (Å²) >= 11 is 13.9. The highest BCUT2D eigenvalue weighted by Gasteiger charge is 2.19. The van der Waals surface area contributed by atoms with Gasteiger partial charge in [-0.05, 0) is 42.5 Å². The maximum atomic E-state index is 11.9. The van der Waals surface area contributed by atoms with Gasteiger partial charge in [-0.2, -0.15) is 0 Å². The van der Waals surface area contributed by atoms with Gasteiger partial charge < -0.3 is 19.6 Å². The maximum Gasteiger partial charge on any atom is 0.360 e. The zero-order valence-electron chi connectivity index (χ0n) is 15.9. The average Bonchev–Trinajstić information content (AvgIpc) is 3.08. The Morgan fingerprint density at radius 2 is 1.94 bits per heavy atom. The first kappa shape index (κ1) is 21.2. The number of halogens is 2. The summed E-state index contributed by atoms with van der Waals surface area (Å²) in [7, 11) is 1.13. The van der Waals surface area contributed by atoms with Crippen molar-refractivity contribution in [3.05, 3.63) is 73.4 Å². The number of hydrogen-bond donors (Lipinski definition) is 2.